The summed E-state index contributed by atoms with van der Waals surface area (Å²) in [5.41, 5.74) is 4.24. The summed E-state index contributed by atoms with van der Waals surface area (Å²) < 4.78 is 0. The van der Waals surface area contributed by atoms with Gasteiger partial charge in [-0.3, -0.25) is 19.5 Å². The van der Waals surface area contributed by atoms with Crippen molar-refractivity contribution in [3.05, 3.63) is 95.9 Å². The zero-order chi connectivity index (χ0) is 21.9. The highest BCUT2D eigenvalue weighted by Gasteiger charge is 2.39. The third-order valence-corrected chi connectivity index (χ3v) is 5.93. The van der Waals surface area contributed by atoms with Crippen LogP contribution in [-0.4, -0.2) is 34.8 Å². The molecule has 1 saturated heterocycles. The second-order valence-corrected chi connectivity index (χ2v) is 8.03. The lowest BCUT2D eigenvalue weighted by atomic mass is 10.0. The van der Waals surface area contributed by atoms with Crippen LogP contribution in [0, 0.1) is 0 Å². The standard InChI is InChI=1S/C26H24N4O2/c31-25-23(20-6-2-1-3-7-20)24(26(32)30(25)18-19-12-14-27-15-13-19)28-21-8-10-22(11-9-21)29-16-4-5-17-29/h1-3,6-15,28H,4-5,16-18H2. The maximum Gasteiger partial charge on any atom is 0.278 e. The monoisotopic (exact) mass is 424 g/mol. The molecular formula is C26H24N4O2. The molecule has 0 aliphatic carbocycles. The number of imide groups is 1. The van der Waals surface area contributed by atoms with Crippen molar-refractivity contribution in [1.82, 2.24) is 9.88 Å². The molecule has 2 aromatic carbocycles. The first kappa shape index (κ1) is 20.0. The number of aromatic nitrogens is 1. The lowest BCUT2D eigenvalue weighted by Crippen LogP contribution is -2.32. The number of pyridine rings is 1. The molecule has 160 valence electrons. The van der Waals surface area contributed by atoms with E-state index in [-0.39, 0.29) is 18.4 Å². The highest BCUT2D eigenvalue weighted by Crippen LogP contribution is 2.32. The maximum absolute atomic E-state index is 13.3. The van der Waals surface area contributed by atoms with Crippen molar-refractivity contribution in [1.29, 1.82) is 0 Å². The largest absolute Gasteiger partial charge is 0.372 e. The molecule has 0 radical (unpaired) electrons. The van der Waals surface area contributed by atoms with Crippen LogP contribution in [0.5, 0.6) is 0 Å². The molecule has 32 heavy (non-hydrogen) atoms. The molecule has 1 fully saturated rings. The number of nitrogens with zero attached hydrogens (tertiary/aromatic N) is 3. The van der Waals surface area contributed by atoms with Crippen LogP contribution in [-0.2, 0) is 16.1 Å². The maximum atomic E-state index is 13.3. The molecule has 0 spiro atoms. The zero-order valence-corrected chi connectivity index (χ0v) is 17.7. The number of amides is 2. The third kappa shape index (κ3) is 3.87. The zero-order valence-electron chi connectivity index (χ0n) is 17.7. The van der Waals surface area contributed by atoms with Crippen LogP contribution < -0.4 is 10.2 Å². The summed E-state index contributed by atoms with van der Waals surface area (Å²) in [5, 5.41) is 3.24. The summed E-state index contributed by atoms with van der Waals surface area (Å²) in [6, 6.07) is 21.0. The van der Waals surface area contributed by atoms with Gasteiger partial charge in [-0.1, -0.05) is 30.3 Å². The van der Waals surface area contributed by atoms with Crippen LogP contribution in [0.4, 0.5) is 11.4 Å². The lowest BCUT2D eigenvalue weighted by molar-refractivity contribution is -0.137. The number of carbonyl (C=O) groups excluding carboxylic acids is 2. The molecule has 0 atom stereocenters. The highest BCUT2D eigenvalue weighted by atomic mass is 16.2. The molecule has 2 aliphatic heterocycles. The molecule has 5 rings (SSSR count). The molecular weight excluding hydrogens is 400 g/mol. The Morgan fingerprint density at radius 1 is 0.812 bits per heavy atom. The van der Waals surface area contributed by atoms with Crippen LogP contribution in [0.15, 0.2) is 84.8 Å². The Bertz CT molecular complexity index is 1150. The molecule has 2 amide bonds. The van der Waals surface area contributed by atoms with Gasteiger partial charge in [0, 0.05) is 36.9 Å². The van der Waals surface area contributed by atoms with Gasteiger partial charge in [0.2, 0.25) is 0 Å². The first-order valence-electron chi connectivity index (χ1n) is 10.9. The topological polar surface area (TPSA) is 65.5 Å². The first-order chi connectivity index (χ1) is 15.7. The Hall–Kier alpha value is -3.93. The normalized spacial score (nSPS) is 16.2. The number of anilines is 2. The summed E-state index contributed by atoms with van der Waals surface area (Å²) in [7, 11) is 0. The Morgan fingerprint density at radius 2 is 1.50 bits per heavy atom. The van der Waals surface area contributed by atoms with Gasteiger partial charge in [0.05, 0.1) is 12.1 Å². The summed E-state index contributed by atoms with van der Waals surface area (Å²) in [6.45, 7) is 2.36. The van der Waals surface area contributed by atoms with E-state index in [9.17, 15) is 9.59 Å². The van der Waals surface area contributed by atoms with Crippen molar-refractivity contribution in [2.45, 2.75) is 19.4 Å². The van der Waals surface area contributed by atoms with Crippen molar-refractivity contribution >= 4 is 28.8 Å². The van der Waals surface area contributed by atoms with E-state index in [1.54, 1.807) is 12.4 Å². The SMILES string of the molecule is O=C1C(Nc2ccc(N3CCCC3)cc2)=C(c2ccccc2)C(=O)N1Cc1ccncc1. The predicted octanol–water partition coefficient (Wildman–Crippen LogP) is 4.07. The van der Waals surface area contributed by atoms with Gasteiger partial charge in [-0.25, -0.2) is 0 Å². The molecule has 6 heteroatoms. The Morgan fingerprint density at radius 3 is 2.19 bits per heavy atom. The number of rotatable bonds is 6. The molecule has 6 nitrogen and oxygen atoms in total. The van der Waals surface area contributed by atoms with Crippen molar-refractivity contribution < 1.29 is 9.59 Å². The lowest BCUT2D eigenvalue weighted by Gasteiger charge is -2.18. The second-order valence-electron chi connectivity index (χ2n) is 8.03. The van der Waals surface area contributed by atoms with E-state index in [2.05, 4.69) is 27.3 Å². The average Bonchev–Trinajstić information content (AvgIpc) is 3.45. The number of benzene rings is 2. The summed E-state index contributed by atoms with van der Waals surface area (Å²) >= 11 is 0. The molecule has 0 saturated carbocycles. The van der Waals surface area contributed by atoms with Gasteiger partial charge >= 0.3 is 0 Å². The van der Waals surface area contributed by atoms with Gasteiger partial charge in [0.25, 0.3) is 11.8 Å². The first-order valence-corrected chi connectivity index (χ1v) is 10.9. The molecule has 1 aromatic heterocycles. The third-order valence-electron chi connectivity index (χ3n) is 5.93. The fourth-order valence-corrected chi connectivity index (χ4v) is 4.25. The minimum Gasteiger partial charge on any atom is -0.372 e. The van der Waals surface area contributed by atoms with Gasteiger partial charge < -0.3 is 10.2 Å². The van der Waals surface area contributed by atoms with Crippen LogP contribution >= 0.6 is 0 Å². The van der Waals surface area contributed by atoms with Crippen molar-refractivity contribution in [3.8, 4) is 0 Å². The van der Waals surface area contributed by atoms with Gasteiger partial charge in [-0.2, -0.15) is 0 Å². The number of hydrogen-bond acceptors (Lipinski definition) is 5. The Kier molecular flexibility index (Phi) is 5.42. The van der Waals surface area contributed by atoms with E-state index < -0.39 is 0 Å². The van der Waals surface area contributed by atoms with Gasteiger partial charge in [-0.15, -0.1) is 0 Å². The van der Waals surface area contributed by atoms with Gasteiger partial charge in [-0.05, 0) is 60.4 Å². The van der Waals surface area contributed by atoms with E-state index >= 15 is 0 Å². The van der Waals surface area contributed by atoms with Crippen LogP contribution in [0.2, 0.25) is 0 Å². The van der Waals surface area contributed by atoms with E-state index in [1.807, 2.05) is 54.6 Å². The van der Waals surface area contributed by atoms with Crippen LogP contribution in [0.25, 0.3) is 5.57 Å². The molecule has 3 aromatic rings. The fraction of sp³-hybridized carbons (Fsp3) is 0.192. The van der Waals surface area contributed by atoms with Crippen molar-refractivity contribution in [3.63, 3.8) is 0 Å². The van der Waals surface area contributed by atoms with E-state index in [0.717, 1.165) is 29.9 Å². The average molecular weight is 425 g/mol. The second kappa shape index (κ2) is 8.67. The van der Waals surface area contributed by atoms with Crippen molar-refractivity contribution in [2.75, 3.05) is 23.3 Å². The summed E-state index contributed by atoms with van der Waals surface area (Å²) in [6.07, 6.45) is 5.76. The van der Waals surface area contributed by atoms with Gasteiger partial charge in [0.15, 0.2) is 0 Å². The Balaban J connectivity index is 1.45. The minimum atomic E-state index is -0.325. The highest BCUT2D eigenvalue weighted by molar-refractivity contribution is 6.36. The quantitative estimate of drug-likeness (QED) is 0.604. The minimum absolute atomic E-state index is 0.204. The van der Waals surface area contributed by atoms with E-state index in [0.29, 0.717) is 11.3 Å². The summed E-state index contributed by atoms with van der Waals surface area (Å²) in [5.74, 6) is -0.622. The molecule has 0 bridgehead atoms. The van der Waals surface area contributed by atoms with Crippen LogP contribution in [0.3, 0.4) is 0 Å². The fourth-order valence-electron chi connectivity index (χ4n) is 4.25. The Labute approximate surface area is 187 Å². The molecule has 2 aliphatic rings. The number of nitrogens with one attached hydrogen (secondary N) is 1. The van der Waals surface area contributed by atoms with Gasteiger partial charge in [0.1, 0.15) is 5.70 Å². The smallest absolute Gasteiger partial charge is 0.278 e. The van der Waals surface area contributed by atoms with E-state index in [4.69, 9.17) is 0 Å². The number of carbonyl (C=O) groups is 2. The molecule has 3 heterocycles. The molecule has 0 unspecified atom stereocenters. The predicted molar refractivity (Wildman–Crippen MR) is 125 cm³/mol. The van der Waals surface area contributed by atoms with Crippen LogP contribution in [0.1, 0.15) is 24.0 Å². The van der Waals surface area contributed by atoms with Crippen molar-refractivity contribution in [2.24, 2.45) is 0 Å². The van der Waals surface area contributed by atoms with E-state index in [1.165, 1.54) is 23.4 Å². The molecule has 1 N–H and O–H groups in total. The number of hydrogen-bond donors (Lipinski definition) is 1. The summed E-state index contributed by atoms with van der Waals surface area (Å²) in [4.78, 5) is 34.3.